The van der Waals surface area contributed by atoms with Gasteiger partial charge in [0.25, 0.3) is 5.56 Å². The summed E-state index contributed by atoms with van der Waals surface area (Å²) < 4.78 is 14.6. The Morgan fingerprint density at radius 2 is 1.93 bits per heavy atom. The van der Waals surface area contributed by atoms with E-state index in [4.69, 9.17) is 0 Å². The van der Waals surface area contributed by atoms with Crippen LogP contribution >= 0.6 is 11.3 Å². The number of rotatable bonds is 5. The van der Waals surface area contributed by atoms with E-state index in [2.05, 4.69) is 4.98 Å². The lowest BCUT2D eigenvalue weighted by molar-refractivity contribution is -0.146. The average molecular weight is 388 g/mol. The Labute approximate surface area is 160 Å². The Hall–Kier alpha value is -2.54. The van der Waals surface area contributed by atoms with Gasteiger partial charge in [-0.1, -0.05) is 19.1 Å². The zero-order valence-electron chi connectivity index (χ0n) is 15.7. The van der Waals surface area contributed by atoms with E-state index >= 15 is 0 Å². The van der Waals surface area contributed by atoms with Crippen molar-refractivity contribution in [1.82, 2.24) is 9.55 Å². The lowest BCUT2D eigenvalue weighted by Gasteiger charge is -2.25. The number of aryl methyl sites for hydroxylation is 2. The topological polar surface area (TPSA) is 72.2 Å². The highest BCUT2D eigenvalue weighted by atomic mass is 32.1. The summed E-state index contributed by atoms with van der Waals surface area (Å²) >= 11 is 1.39. The number of hydrogen-bond acceptors (Lipinski definition) is 4. The van der Waals surface area contributed by atoms with Crippen LogP contribution in [0.2, 0.25) is 0 Å². The van der Waals surface area contributed by atoms with E-state index in [1.54, 1.807) is 12.1 Å². The molecule has 0 spiro atoms. The molecule has 0 saturated carbocycles. The monoisotopic (exact) mass is 388 g/mol. The maximum Gasteiger partial charge on any atom is 0.329 e. The normalized spacial score (nSPS) is 11.9. The Balaban J connectivity index is 2.42. The van der Waals surface area contributed by atoms with Crippen molar-refractivity contribution in [2.75, 3.05) is 0 Å². The van der Waals surface area contributed by atoms with E-state index in [-0.39, 0.29) is 11.4 Å². The van der Waals surface area contributed by atoms with Crippen LogP contribution in [0.3, 0.4) is 0 Å². The zero-order valence-corrected chi connectivity index (χ0v) is 16.5. The molecule has 142 valence electrons. The van der Waals surface area contributed by atoms with Gasteiger partial charge in [-0.05, 0) is 44.9 Å². The summed E-state index contributed by atoms with van der Waals surface area (Å²) in [6.45, 7) is 6.84. The largest absolute Gasteiger partial charge is 0.480 e. The van der Waals surface area contributed by atoms with Crippen LogP contribution in [-0.2, 0) is 16.8 Å². The smallest absolute Gasteiger partial charge is 0.329 e. The van der Waals surface area contributed by atoms with Gasteiger partial charge in [-0.15, -0.1) is 11.3 Å². The van der Waals surface area contributed by atoms with E-state index in [0.29, 0.717) is 33.6 Å². The number of hydrogen-bond donors (Lipinski definition) is 1. The molecular formula is C20H21FN2O3S. The Kier molecular flexibility index (Phi) is 4.90. The summed E-state index contributed by atoms with van der Waals surface area (Å²) in [4.78, 5) is 31.4. The first kappa shape index (κ1) is 19.2. The predicted molar refractivity (Wildman–Crippen MR) is 105 cm³/mol. The van der Waals surface area contributed by atoms with Crippen molar-refractivity contribution in [3.05, 3.63) is 51.1 Å². The summed E-state index contributed by atoms with van der Waals surface area (Å²) in [5, 5.41) is 10.1. The lowest BCUT2D eigenvalue weighted by Crippen LogP contribution is -2.44. The van der Waals surface area contributed by atoms with Crippen molar-refractivity contribution in [3.63, 3.8) is 0 Å². The molecule has 0 bridgehead atoms. The Bertz CT molecular complexity index is 1080. The zero-order chi connectivity index (χ0) is 19.9. The van der Waals surface area contributed by atoms with Crippen LogP contribution in [0.15, 0.2) is 29.1 Å². The van der Waals surface area contributed by atoms with Crippen LogP contribution in [0.5, 0.6) is 0 Å². The number of nitrogens with zero attached hydrogens (tertiary/aromatic N) is 2. The molecule has 0 aliphatic rings. The number of aliphatic carboxylic acids is 1. The molecule has 0 unspecified atom stereocenters. The van der Waals surface area contributed by atoms with Crippen LogP contribution in [0, 0.1) is 12.7 Å². The van der Waals surface area contributed by atoms with E-state index in [1.807, 2.05) is 13.8 Å². The molecule has 1 aromatic carbocycles. The number of aromatic nitrogens is 2. The highest BCUT2D eigenvalue weighted by molar-refractivity contribution is 7.19. The van der Waals surface area contributed by atoms with Crippen molar-refractivity contribution >= 4 is 27.5 Å². The molecule has 5 nitrogen and oxygen atoms in total. The SMILES string of the molecule is CCCc1nc2sc(C)c(-c3ccc(F)cc3)c2c(=O)n1C(C)(C)C(=O)O. The quantitative estimate of drug-likeness (QED) is 0.705. The van der Waals surface area contributed by atoms with E-state index in [1.165, 1.54) is 41.9 Å². The van der Waals surface area contributed by atoms with Crippen LogP contribution in [0.1, 0.15) is 37.9 Å². The molecule has 0 amide bonds. The molecule has 27 heavy (non-hydrogen) atoms. The number of halogens is 1. The highest BCUT2D eigenvalue weighted by Gasteiger charge is 2.34. The van der Waals surface area contributed by atoms with Gasteiger partial charge in [-0.2, -0.15) is 0 Å². The third-order valence-electron chi connectivity index (χ3n) is 4.66. The molecule has 3 rings (SSSR count). The molecule has 2 aromatic heterocycles. The van der Waals surface area contributed by atoms with Gasteiger partial charge < -0.3 is 5.11 Å². The van der Waals surface area contributed by atoms with Gasteiger partial charge in [0.2, 0.25) is 0 Å². The molecule has 2 heterocycles. The van der Waals surface area contributed by atoms with Crippen LogP contribution in [-0.4, -0.2) is 20.6 Å². The van der Waals surface area contributed by atoms with Crippen molar-refractivity contribution in [1.29, 1.82) is 0 Å². The molecule has 0 atom stereocenters. The first-order valence-electron chi connectivity index (χ1n) is 8.73. The van der Waals surface area contributed by atoms with E-state index < -0.39 is 11.5 Å². The molecule has 0 aliphatic heterocycles. The fourth-order valence-electron chi connectivity index (χ4n) is 3.23. The minimum absolute atomic E-state index is 0.358. The minimum Gasteiger partial charge on any atom is -0.480 e. The van der Waals surface area contributed by atoms with Gasteiger partial charge in [0.15, 0.2) is 0 Å². The summed E-state index contributed by atoms with van der Waals surface area (Å²) in [5.74, 6) is -0.989. The maximum absolute atomic E-state index is 13.4. The summed E-state index contributed by atoms with van der Waals surface area (Å²) in [6.07, 6.45) is 1.24. The summed E-state index contributed by atoms with van der Waals surface area (Å²) in [5.41, 5.74) is -0.412. The standard InChI is InChI=1S/C20H21FN2O3S/c1-5-6-14-22-17-16(18(24)23(14)20(3,4)19(25)26)15(11(2)27-17)12-7-9-13(21)10-8-12/h7-10H,5-6H2,1-4H3,(H,25,26). The first-order valence-corrected chi connectivity index (χ1v) is 9.55. The number of carboxylic acids is 1. The fourth-order valence-corrected chi connectivity index (χ4v) is 4.29. The van der Waals surface area contributed by atoms with Crippen molar-refractivity contribution < 1.29 is 14.3 Å². The summed E-state index contributed by atoms with van der Waals surface area (Å²) in [6, 6.07) is 5.93. The van der Waals surface area contributed by atoms with Crippen LogP contribution in [0.4, 0.5) is 4.39 Å². The van der Waals surface area contributed by atoms with Crippen molar-refractivity contribution in [2.45, 2.75) is 46.1 Å². The second-order valence-corrected chi connectivity index (χ2v) is 8.21. The number of carboxylic acid groups (broad SMARTS) is 1. The molecule has 7 heteroatoms. The van der Waals surface area contributed by atoms with Gasteiger partial charge in [-0.3, -0.25) is 9.36 Å². The van der Waals surface area contributed by atoms with Gasteiger partial charge in [0, 0.05) is 16.9 Å². The number of carbonyl (C=O) groups is 1. The average Bonchev–Trinajstić information content (AvgIpc) is 2.92. The van der Waals surface area contributed by atoms with E-state index in [0.717, 1.165) is 11.3 Å². The van der Waals surface area contributed by atoms with Crippen molar-refractivity contribution in [3.8, 4) is 11.1 Å². The van der Waals surface area contributed by atoms with Crippen molar-refractivity contribution in [2.24, 2.45) is 0 Å². The second kappa shape index (κ2) is 6.88. The minimum atomic E-state index is -1.43. The predicted octanol–water partition coefficient (Wildman–Crippen LogP) is 4.34. The van der Waals surface area contributed by atoms with E-state index in [9.17, 15) is 19.1 Å². The van der Waals surface area contributed by atoms with Gasteiger partial charge in [0.1, 0.15) is 22.0 Å². The van der Waals surface area contributed by atoms with Gasteiger partial charge in [-0.25, -0.2) is 14.2 Å². The first-order chi connectivity index (χ1) is 12.7. The van der Waals surface area contributed by atoms with Crippen LogP contribution in [0.25, 0.3) is 21.3 Å². The van der Waals surface area contributed by atoms with Gasteiger partial charge >= 0.3 is 5.97 Å². The molecule has 1 N–H and O–H groups in total. The summed E-state index contributed by atoms with van der Waals surface area (Å²) in [7, 11) is 0. The third-order valence-corrected chi connectivity index (χ3v) is 5.66. The lowest BCUT2D eigenvalue weighted by atomic mass is 10.0. The van der Waals surface area contributed by atoms with Gasteiger partial charge in [0.05, 0.1) is 5.39 Å². The number of benzene rings is 1. The number of fused-ring (bicyclic) bond motifs is 1. The van der Waals surface area contributed by atoms with Crippen LogP contribution < -0.4 is 5.56 Å². The maximum atomic E-state index is 13.4. The fraction of sp³-hybridized carbons (Fsp3) is 0.350. The highest BCUT2D eigenvalue weighted by Crippen LogP contribution is 2.36. The number of thiophene rings is 1. The molecule has 0 aliphatic carbocycles. The Morgan fingerprint density at radius 1 is 1.30 bits per heavy atom. The molecule has 3 aromatic rings. The third kappa shape index (κ3) is 3.16. The molecule has 0 radical (unpaired) electrons. The Morgan fingerprint density at radius 3 is 2.48 bits per heavy atom. The molecule has 0 fully saturated rings. The molecule has 0 saturated heterocycles. The molecular weight excluding hydrogens is 367 g/mol. The second-order valence-electron chi connectivity index (χ2n) is 7.00.